The van der Waals surface area contributed by atoms with Gasteiger partial charge in [-0.3, -0.25) is 0 Å². The fraction of sp³-hybridized carbons (Fsp3) is 0.938. The molecule has 1 N–H and O–H groups in total. The smallest absolute Gasteiger partial charge is 0.407 e. The molecule has 0 bridgehead atoms. The maximum absolute atomic E-state index is 11.8. The van der Waals surface area contributed by atoms with E-state index in [1.54, 1.807) is 0 Å². The molecule has 0 unspecified atom stereocenters. The van der Waals surface area contributed by atoms with Crippen LogP contribution < -0.4 is 5.32 Å². The molecule has 5 heteroatoms. The number of nitrogens with one attached hydrogen (secondary N) is 1. The van der Waals surface area contributed by atoms with E-state index in [0.717, 1.165) is 12.8 Å². The predicted octanol–water partition coefficient (Wildman–Crippen LogP) is 4.45. The maximum atomic E-state index is 11.8. The Morgan fingerprint density at radius 2 is 1.62 bits per heavy atom. The summed E-state index contributed by atoms with van der Waals surface area (Å²) in [5, 5.41) is 3.02. The molecule has 1 saturated carbocycles. The van der Waals surface area contributed by atoms with Crippen molar-refractivity contribution in [1.82, 2.24) is 5.32 Å². The zero-order valence-corrected chi connectivity index (χ0v) is 16.2. The lowest BCUT2D eigenvalue weighted by atomic mass is 9.79. The van der Waals surface area contributed by atoms with Crippen LogP contribution in [0, 0.1) is 0 Å². The summed E-state index contributed by atoms with van der Waals surface area (Å²) < 4.78 is 11.9. The summed E-state index contributed by atoms with van der Waals surface area (Å²) in [6.45, 7) is 19.2. The van der Waals surface area contributed by atoms with E-state index in [-0.39, 0.29) is 28.4 Å². The van der Waals surface area contributed by atoms with Gasteiger partial charge in [0, 0.05) is 18.4 Å². The van der Waals surface area contributed by atoms with Gasteiger partial charge >= 0.3 is 6.09 Å². The number of hydrogen-bond donors (Lipinski definition) is 1. The van der Waals surface area contributed by atoms with Gasteiger partial charge in [-0.05, 0) is 45.8 Å². The van der Waals surface area contributed by atoms with Gasteiger partial charge in [-0.2, -0.15) is 0 Å². The molecule has 0 heterocycles. The molecule has 0 atom stereocenters. The molecule has 1 rings (SSSR count). The Morgan fingerprint density at radius 3 is 2.00 bits per heavy atom. The minimum atomic E-state index is -1.77. The SMILES string of the molecule is CC(C)(C)NC(=O)OC1CC(C)(O[Si](C)(C)C(C)(C)C)C1. The van der Waals surface area contributed by atoms with Crippen molar-refractivity contribution in [2.24, 2.45) is 0 Å². The highest BCUT2D eigenvalue weighted by Crippen LogP contribution is 2.45. The van der Waals surface area contributed by atoms with Crippen LogP contribution in [0.15, 0.2) is 0 Å². The lowest BCUT2D eigenvalue weighted by molar-refractivity contribution is -0.0941. The van der Waals surface area contributed by atoms with E-state index >= 15 is 0 Å². The lowest BCUT2D eigenvalue weighted by Crippen LogP contribution is -2.57. The molecular formula is C16H33NO3Si. The Balaban J connectivity index is 2.46. The van der Waals surface area contributed by atoms with E-state index in [1.165, 1.54) is 0 Å². The van der Waals surface area contributed by atoms with E-state index in [4.69, 9.17) is 9.16 Å². The molecule has 1 fully saturated rings. The Kier molecular flexibility index (Phi) is 4.91. The average molecular weight is 316 g/mol. The second-order valence-electron chi connectivity index (χ2n) is 9.12. The number of ether oxygens (including phenoxy) is 1. The molecular weight excluding hydrogens is 282 g/mol. The van der Waals surface area contributed by atoms with Crippen molar-refractivity contribution >= 4 is 14.4 Å². The van der Waals surface area contributed by atoms with Gasteiger partial charge in [0.1, 0.15) is 6.10 Å². The summed E-state index contributed by atoms with van der Waals surface area (Å²) in [6, 6.07) is 0. The zero-order valence-electron chi connectivity index (χ0n) is 15.2. The second kappa shape index (κ2) is 5.58. The zero-order chi connectivity index (χ0) is 16.7. The van der Waals surface area contributed by atoms with Gasteiger partial charge in [0.05, 0.1) is 5.60 Å². The Morgan fingerprint density at radius 1 is 1.14 bits per heavy atom. The van der Waals surface area contributed by atoms with Gasteiger partial charge in [-0.25, -0.2) is 4.79 Å². The largest absolute Gasteiger partial charge is 0.446 e. The molecule has 1 amide bonds. The molecule has 124 valence electrons. The van der Waals surface area contributed by atoms with Crippen LogP contribution >= 0.6 is 0 Å². The number of carbonyl (C=O) groups excluding carboxylic acids is 1. The predicted molar refractivity (Wildman–Crippen MR) is 89.1 cm³/mol. The summed E-state index contributed by atoms with van der Waals surface area (Å²) in [6.07, 6.45) is 1.22. The minimum absolute atomic E-state index is 0.0258. The highest BCUT2D eigenvalue weighted by Gasteiger charge is 2.50. The number of rotatable bonds is 3. The first-order valence-corrected chi connectivity index (χ1v) is 10.7. The van der Waals surface area contributed by atoms with Crippen molar-refractivity contribution in [2.75, 3.05) is 0 Å². The number of carbonyl (C=O) groups is 1. The summed E-state index contributed by atoms with van der Waals surface area (Å²) in [7, 11) is -1.77. The van der Waals surface area contributed by atoms with Crippen molar-refractivity contribution in [2.45, 2.75) is 96.7 Å². The lowest BCUT2D eigenvalue weighted by Gasteiger charge is -2.51. The van der Waals surface area contributed by atoms with Crippen LogP contribution in [0.3, 0.4) is 0 Å². The maximum Gasteiger partial charge on any atom is 0.407 e. The van der Waals surface area contributed by atoms with Crippen molar-refractivity contribution in [3.8, 4) is 0 Å². The van der Waals surface area contributed by atoms with E-state index in [2.05, 4.69) is 46.1 Å². The second-order valence-corrected chi connectivity index (χ2v) is 13.8. The van der Waals surface area contributed by atoms with Crippen molar-refractivity contribution in [1.29, 1.82) is 0 Å². The van der Waals surface area contributed by atoms with Crippen LogP contribution in [0.5, 0.6) is 0 Å². The van der Waals surface area contributed by atoms with Crippen molar-refractivity contribution in [3.63, 3.8) is 0 Å². The molecule has 0 aromatic rings. The average Bonchev–Trinajstić information content (AvgIpc) is 2.08. The topological polar surface area (TPSA) is 47.6 Å². The van der Waals surface area contributed by atoms with E-state index in [1.807, 2.05) is 20.8 Å². The summed E-state index contributed by atoms with van der Waals surface area (Å²) in [4.78, 5) is 11.8. The summed E-state index contributed by atoms with van der Waals surface area (Å²) in [5.74, 6) is 0. The minimum Gasteiger partial charge on any atom is -0.446 e. The first-order chi connectivity index (χ1) is 9.14. The van der Waals surface area contributed by atoms with Crippen LogP contribution in [0.1, 0.15) is 61.3 Å². The van der Waals surface area contributed by atoms with Crippen LogP contribution in [-0.4, -0.2) is 31.7 Å². The third-order valence-electron chi connectivity index (χ3n) is 4.38. The van der Waals surface area contributed by atoms with E-state index < -0.39 is 8.32 Å². The van der Waals surface area contributed by atoms with Gasteiger partial charge in [0.15, 0.2) is 8.32 Å². The Hall–Kier alpha value is -0.553. The third-order valence-corrected chi connectivity index (χ3v) is 8.99. The monoisotopic (exact) mass is 315 g/mol. The molecule has 0 aliphatic heterocycles. The molecule has 0 radical (unpaired) electrons. The standard InChI is InChI=1S/C16H33NO3Si/c1-14(2,3)17-13(18)19-12-10-16(7,11-12)20-21(8,9)15(4,5)6/h12H,10-11H2,1-9H3,(H,17,18). The quantitative estimate of drug-likeness (QED) is 0.782. The van der Waals surface area contributed by atoms with E-state index in [9.17, 15) is 4.79 Å². The van der Waals surface area contributed by atoms with Crippen LogP contribution in [0.4, 0.5) is 4.79 Å². The summed E-state index contributed by atoms with van der Waals surface area (Å²) in [5.41, 5.74) is -0.405. The molecule has 4 nitrogen and oxygen atoms in total. The first-order valence-electron chi connectivity index (χ1n) is 7.83. The summed E-state index contributed by atoms with van der Waals surface area (Å²) >= 11 is 0. The normalized spacial score (nSPS) is 27.0. The van der Waals surface area contributed by atoms with Gasteiger partial charge in [-0.15, -0.1) is 0 Å². The molecule has 0 aromatic carbocycles. The van der Waals surface area contributed by atoms with Gasteiger partial charge in [0.25, 0.3) is 0 Å². The van der Waals surface area contributed by atoms with Gasteiger partial charge in [-0.1, -0.05) is 20.8 Å². The highest BCUT2D eigenvalue weighted by atomic mass is 28.4. The third kappa shape index (κ3) is 5.29. The van der Waals surface area contributed by atoms with Crippen molar-refractivity contribution < 1.29 is 14.0 Å². The molecule has 0 saturated heterocycles. The molecule has 0 spiro atoms. The van der Waals surface area contributed by atoms with Gasteiger partial charge in [0.2, 0.25) is 0 Å². The number of hydrogen-bond acceptors (Lipinski definition) is 3. The van der Waals surface area contributed by atoms with E-state index in [0.29, 0.717) is 0 Å². The Labute approximate surface area is 131 Å². The molecule has 21 heavy (non-hydrogen) atoms. The number of amides is 1. The molecule has 0 aromatic heterocycles. The van der Waals surface area contributed by atoms with Gasteiger partial charge < -0.3 is 14.5 Å². The molecule has 1 aliphatic rings. The molecule has 1 aliphatic carbocycles. The van der Waals surface area contributed by atoms with Crippen molar-refractivity contribution in [3.05, 3.63) is 0 Å². The van der Waals surface area contributed by atoms with Crippen LogP contribution in [0.2, 0.25) is 18.1 Å². The van der Waals surface area contributed by atoms with Crippen LogP contribution in [0.25, 0.3) is 0 Å². The Bertz CT molecular complexity index is 387. The number of alkyl carbamates (subject to hydrolysis) is 1. The fourth-order valence-corrected chi connectivity index (χ4v) is 4.03. The fourth-order valence-electron chi connectivity index (χ4n) is 2.33. The highest BCUT2D eigenvalue weighted by molar-refractivity contribution is 6.74. The first kappa shape index (κ1) is 18.5. The van der Waals surface area contributed by atoms with Crippen LogP contribution in [-0.2, 0) is 9.16 Å².